The van der Waals surface area contributed by atoms with E-state index in [0.717, 1.165) is 33.2 Å². The third-order valence-corrected chi connectivity index (χ3v) is 12.9. The second-order valence-corrected chi connectivity index (χ2v) is 15.6. The molecule has 5 heterocycles. The van der Waals surface area contributed by atoms with E-state index in [1.165, 1.54) is 80.9 Å². The van der Waals surface area contributed by atoms with Gasteiger partial charge in [-0.25, -0.2) is 9.97 Å². The summed E-state index contributed by atoms with van der Waals surface area (Å²) in [5.74, 6) is 0.681. The number of nitrogens with zero attached hydrogens (tertiary/aromatic N) is 4. The van der Waals surface area contributed by atoms with Gasteiger partial charge in [0.25, 0.3) is 0 Å². The molecule has 55 heavy (non-hydrogen) atoms. The first kappa shape index (κ1) is 29.5. The Bertz CT molecular complexity index is 3490. The molecule has 1 aliphatic rings. The molecule has 0 spiro atoms. The number of rotatable bonds is 3. The molecule has 0 saturated heterocycles. The summed E-state index contributed by atoms with van der Waals surface area (Å²) in [6, 6.07) is 61.6. The monoisotopic (exact) mass is 716 g/mol. The van der Waals surface area contributed by atoms with Crippen LogP contribution >= 0.6 is 11.8 Å². The van der Waals surface area contributed by atoms with E-state index in [-0.39, 0.29) is 0 Å². The van der Waals surface area contributed by atoms with Crippen molar-refractivity contribution in [3.05, 3.63) is 170 Å². The van der Waals surface area contributed by atoms with E-state index in [1.54, 1.807) is 0 Å². The van der Waals surface area contributed by atoms with Gasteiger partial charge in [0.05, 0.1) is 38.8 Å². The molecule has 0 unspecified atom stereocenters. The van der Waals surface area contributed by atoms with Crippen molar-refractivity contribution in [2.45, 2.75) is 9.79 Å². The average Bonchev–Trinajstić information content (AvgIpc) is 3.88. The van der Waals surface area contributed by atoms with Gasteiger partial charge in [0.2, 0.25) is 5.95 Å². The van der Waals surface area contributed by atoms with Crippen molar-refractivity contribution in [3.63, 3.8) is 0 Å². The zero-order valence-corrected chi connectivity index (χ0v) is 30.2. The fourth-order valence-corrected chi connectivity index (χ4v) is 10.5. The molecule has 0 radical (unpaired) electrons. The molecular weight excluding hydrogens is 689 g/mol. The molecule has 4 aromatic heterocycles. The van der Waals surface area contributed by atoms with Crippen LogP contribution in [0.3, 0.4) is 0 Å². The molecule has 0 bridgehead atoms. The predicted molar refractivity (Wildman–Crippen MR) is 229 cm³/mol. The molecule has 0 aliphatic carbocycles. The van der Waals surface area contributed by atoms with Gasteiger partial charge in [-0.1, -0.05) is 127 Å². The fourth-order valence-electron chi connectivity index (χ4n) is 9.29. The Balaban J connectivity index is 1.05. The average molecular weight is 717 g/mol. The van der Waals surface area contributed by atoms with E-state index >= 15 is 0 Å². The largest absolute Gasteiger partial charge is 0.308 e. The second-order valence-electron chi connectivity index (χ2n) is 14.5. The van der Waals surface area contributed by atoms with Gasteiger partial charge in [0.15, 0.2) is 0 Å². The summed E-state index contributed by atoms with van der Waals surface area (Å²) in [5.41, 5.74) is 13.9. The molecule has 4 nitrogen and oxygen atoms in total. The second kappa shape index (κ2) is 10.8. The predicted octanol–water partition coefficient (Wildman–Crippen LogP) is 13.3. The smallest absolute Gasteiger partial charge is 0.235 e. The van der Waals surface area contributed by atoms with E-state index in [9.17, 15) is 0 Å². The van der Waals surface area contributed by atoms with Gasteiger partial charge in [0.1, 0.15) is 0 Å². The summed E-state index contributed by atoms with van der Waals surface area (Å²) in [7, 11) is 0. The van der Waals surface area contributed by atoms with Crippen molar-refractivity contribution in [2.75, 3.05) is 0 Å². The minimum absolute atomic E-state index is 0.681. The molecule has 13 rings (SSSR count). The Hall–Kier alpha value is -6.95. The van der Waals surface area contributed by atoms with E-state index in [2.05, 4.69) is 179 Å². The molecule has 0 fully saturated rings. The number of hydrogen-bond donors (Lipinski definition) is 0. The van der Waals surface area contributed by atoms with Crippen LogP contribution in [0.4, 0.5) is 0 Å². The van der Waals surface area contributed by atoms with Crippen LogP contribution in [0.1, 0.15) is 0 Å². The molecule has 12 aromatic rings. The first-order valence-corrected chi connectivity index (χ1v) is 19.5. The van der Waals surface area contributed by atoms with Gasteiger partial charge in [0, 0.05) is 53.1 Å². The van der Waals surface area contributed by atoms with E-state index in [4.69, 9.17) is 9.97 Å². The maximum atomic E-state index is 5.47. The van der Waals surface area contributed by atoms with Gasteiger partial charge in [-0.05, 0) is 76.9 Å². The van der Waals surface area contributed by atoms with Crippen LogP contribution in [0.5, 0.6) is 0 Å². The van der Waals surface area contributed by atoms with E-state index < -0.39 is 0 Å². The Morgan fingerprint density at radius 1 is 0.418 bits per heavy atom. The number of aromatic nitrogens is 4. The van der Waals surface area contributed by atoms with Crippen molar-refractivity contribution < 1.29 is 0 Å². The topological polar surface area (TPSA) is 35.1 Å². The SMILES string of the molecule is c1ccc(-c2cccc3c2Sc2cccc4nc(-n5c6ccccc6c6cc(-c7cc8c9ccccc9n9c%10ccccc%10c(c7)c89)ccc65)nc-3c24)cc1. The van der Waals surface area contributed by atoms with Gasteiger partial charge < -0.3 is 4.40 Å². The molecule has 0 atom stereocenters. The maximum Gasteiger partial charge on any atom is 0.235 e. The zero-order chi connectivity index (χ0) is 35.8. The Kier molecular flexibility index (Phi) is 5.80. The first-order chi connectivity index (χ1) is 27.3. The lowest BCUT2D eigenvalue weighted by Gasteiger charge is -2.22. The molecule has 0 saturated carbocycles. The summed E-state index contributed by atoms with van der Waals surface area (Å²) >= 11 is 1.82. The van der Waals surface area contributed by atoms with Crippen LogP contribution in [0.15, 0.2) is 180 Å². The number of fused-ring (bicyclic) bond motifs is 11. The van der Waals surface area contributed by atoms with Gasteiger partial charge in [-0.3, -0.25) is 4.57 Å². The third kappa shape index (κ3) is 3.97. The highest BCUT2D eigenvalue weighted by Crippen LogP contribution is 2.51. The fraction of sp³-hybridized carbons (Fsp3) is 0. The summed E-state index contributed by atoms with van der Waals surface area (Å²) in [6.07, 6.45) is 0. The molecule has 254 valence electrons. The molecule has 5 heteroatoms. The normalized spacial score (nSPS) is 12.7. The van der Waals surface area contributed by atoms with Crippen LogP contribution < -0.4 is 0 Å². The summed E-state index contributed by atoms with van der Waals surface area (Å²) in [6.45, 7) is 0. The minimum Gasteiger partial charge on any atom is -0.308 e. The molecule has 0 amide bonds. The lowest BCUT2D eigenvalue weighted by atomic mass is 9.98. The Morgan fingerprint density at radius 3 is 1.80 bits per heavy atom. The highest BCUT2D eigenvalue weighted by atomic mass is 32.2. The van der Waals surface area contributed by atoms with Crippen molar-refractivity contribution >= 4 is 82.6 Å². The first-order valence-electron chi connectivity index (χ1n) is 18.7. The minimum atomic E-state index is 0.681. The van der Waals surface area contributed by atoms with Crippen LogP contribution in [0, 0.1) is 0 Å². The summed E-state index contributed by atoms with van der Waals surface area (Å²) in [4.78, 5) is 13.2. The third-order valence-electron chi connectivity index (χ3n) is 11.6. The van der Waals surface area contributed by atoms with E-state index in [0.29, 0.717) is 5.95 Å². The maximum absolute atomic E-state index is 5.47. The molecule has 8 aromatic carbocycles. The standard InChI is InChI=1S/C50H28N4S/c1-2-12-29(13-3-1)32-17-10-18-36-47-46-40(19-11-23-45(46)55-49(32)36)51-50(52-47)54-43-22-9-4-14-33(43)37-26-30(24-25-44(37)54)31-27-38-34-15-5-7-20-41(34)53-42-21-8-6-16-35(42)39(28-31)48(38)53/h1-28H. The van der Waals surface area contributed by atoms with Crippen molar-refractivity contribution in [1.29, 1.82) is 0 Å². The quantitative estimate of drug-likeness (QED) is 0.183. The van der Waals surface area contributed by atoms with E-state index in [1.807, 2.05) is 11.8 Å². The van der Waals surface area contributed by atoms with Crippen molar-refractivity contribution in [1.82, 2.24) is 18.9 Å². The summed E-state index contributed by atoms with van der Waals surface area (Å²) < 4.78 is 4.70. The van der Waals surface area contributed by atoms with Crippen LogP contribution in [-0.2, 0) is 0 Å². The van der Waals surface area contributed by atoms with Gasteiger partial charge in [-0.15, -0.1) is 0 Å². The lowest BCUT2D eigenvalue weighted by molar-refractivity contribution is 1.01. The van der Waals surface area contributed by atoms with Crippen LogP contribution in [-0.4, -0.2) is 18.9 Å². The number of para-hydroxylation sites is 3. The zero-order valence-electron chi connectivity index (χ0n) is 29.4. The lowest BCUT2D eigenvalue weighted by Crippen LogP contribution is -2.06. The van der Waals surface area contributed by atoms with Crippen molar-refractivity contribution in [2.24, 2.45) is 0 Å². The number of benzene rings is 8. The number of hydrogen-bond acceptors (Lipinski definition) is 3. The summed E-state index contributed by atoms with van der Waals surface area (Å²) in [5, 5.41) is 8.61. The van der Waals surface area contributed by atoms with Gasteiger partial charge in [-0.2, -0.15) is 0 Å². The molecular formula is C50H28N4S. The highest BCUT2D eigenvalue weighted by Gasteiger charge is 2.26. The Morgan fingerprint density at radius 2 is 1.04 bits per heavy atom. The Labute approximate surface area is 319 Å². The highest BCUT2D eigenvalue weighted by molar-refractivity contribution is 8.00. The van der Waals surface area contributed by atoms with Crippen LogP contribution in [0.25, 0.3) is 110 Å². The molecule has 0 N–H and O–H groups in total. The van der Waals surface area contributed by atoms with Crippen LogP contribution in [0.2, 0.25) is 0 Å². The molecule has 1 aliphatic heterocycles. The van der Waals surface area contributed by atoms with Crippen molar-refractivity contribution in [3.8, 4) is 39.5 Å². The van der Waals surface area contributed by atoms with Gasteiger partial charge >= 0.3 is 0 Å².